The molecular weight excluding hydrogens is 255 g/mol. The lowest BCUT2D eigenvalue weighted by Crippen LogP contribution is -2.31. The highest BCUT2D eigenvalue weighted by atomic mass is 19.1. The minimum atomic E-state index is -0.319. The maximum atomic E-state index is 12.8. The summed E-state index contributed by atoms with van der Waals surface area (Å²) < 4.78 is 12.8. The summed E-state index contributed by atoms with van der Waals surface area (Å²) in [7, 11) is 0. The summed E-state index contributed by atoms with van der Waals surface area (Å²) in [5.41, 5.74) is 3.05. The van der Waals surface area contributed by atoms with Crippen LogP contribution in [0.4, 0.5) is 14.9 Å². The summed E-state index contributed by atoms with van der Waals surface area (Å²) in [5, 5.41) is 5.66. The first-order valence-corrected chi connectivity index (χ1v) is 6.63. The number of benzene rings is 2. The number of rotatable bonds is 2. The first kappa shape index (κ1) is 12.7. The fourth-order valence-corrected chi connectivity index (χ4v) is 2.57. The molecule has 0 bridgehead atoms. The smallest absolute Gasteiger partial charge is 0.319 e. The standard InChI is InChI=1S/C16H15FN2O/c17-12-6-8-13(9-7-12)18-16(20)19-15-10-5-11-3-1-2-4-14(11)15/h1-4,6-9,15H,5,10H2,(H2,18,19,20)/t15-/m1/s1. The van der Waals surface area contributed by atoms with Gasteiger partial charge in [0.1, 0.15) is 5.82 Å². The van der Waals surface area contributed by atoms with Crippen molar-refractivity contribution >= 4 is 11.7 Å². The maximum Gasteiger partial charge on any atom is 0.319 e. The molecule has 1 aliphatic rings. The SMILES string of the molecule is O=C(Nc1ccc(F)cc1)N[C@@H]1CCc2ccccc21. The van der Waals surface area contributed by atoms with Gasteiger partial charge in [-0.15, -0.1) is 0 Å². The molecule has 4 heteroatoms. The molecule has 0 unspecified atom stereocenters. The van der Waals surface area contributed by atoms with Crippen molar-refractivity contribution in [3.63, 3.8) is 0 Å². The zero-order valence-electron chi connectivity index (χ0n) is 10.9. The fourth-order valence-electron chi connectivity index (χ4n) is 2.57. The van der Waals surface area contributed by atoms with E-state index in [2.05, 4.69) is 16.7 Å². The molecule has 20 heavy (non-hydrogen) atoms. The molecule has 2 aromatic rings. The number of urea groups is 1. The van der Waals surface area contributed by atoms with Gasteiger partial charge in [-0.25, -0.2) is 9.18 Å². The zero-order chi connectivity index (χ0) is 13.9. The quantitative estimate of drug-likeness (QED) is 0.859. The number of anilines is 1. The van der Waals surface area contributed by atoms with E-state index < -0.39 is 0 Å². The van der Waals surface area contributed by atoms with Crippen LogP contribution in [0.1, 0.15) is 23.6 Å². The summed E-state index contributed by atoms with van der Waals surface area (Å²) in [5.74, 6) is -0.319. The van der Waals surface area contributed by atoms with Gasteiger partial charge in [0.2, 0.25) is 0 Å². The van der Waals surface area contributed by atoms with Crippen LogP contribution in [0.3, 0.4) is 0 Å². The third kappa shape index (κ3) is 2.64. The van der Waals surface area contributed by atoms with Gasteiger partial charge in [-0.1, -0.05) is 24.3 Å². The van der Waals surface area contributed by atoms with Crippen LogP contribution in [0.2, 0.25) is 0 Å². The molecule has 0 spiro atoms. The fraction of sp³-hybridized carbons (Fsp3) is 0.188. The number of fused-ring (bicyclic) bond motifs is 1. The van der Waals surface area contributed by atoms with Gasteiger partial charge < -0.3 is 10.6 Å². The number of amides is 2. The van der Waals surface area contributed by atoms with E-state index in [1.54, 1.807) is 0 Å². The van der Waals surface area contributed by atoms with Crippen molar-refractivity contribution in [3.8, 4) is 0 Å². The van der Waals surface area contributed by atoms with Gasteiger partial charge in [0, 0.05) is 5.69 Å². The maximum absolute atomic E-state index is 12.8. The molecule has 0 aliphatic heterocycles. The van der Waals surface area contributed by atoms with E-state index in [1.165, 1.54) is 35.4 Å². The first-order chi connectivity index (χ1) is 9.72. The van der Waals surface area contributed by atoms with Crippen LogP contribution in [-0.4, -0.2) is 6.03 Å². The van der Waals surface area contributed by atoms with Gasteiger partial charge in [0.15, 0.2) is 0 Å². The average Bonchev–Trinajstić information content (AvgIpc) is 2.85. The molecule has 2 N–H and O–H groups in total. The molecular formula is C16H15FN2O. The Balaban J connectivity index is 1.64. The molecule has 0 saturated carbocycles. The summed E-state index contributed by atoms with van der Waals surface area (Å²) in [4.78, 5) is 11.9. The number of carbonyl (C=O) groups is 1. The van der Waals surface area contributed by atoms with Crippen molar-refractivity contribution in [2.45, 2.75) is 18.9 Å². The van der Waals surface area contributed by atoms with Gasteiger partial charge >= 0.3 is 6.03 Å². The first-order valence-electron chi connectivity index (χ1n) is 6.63. The Morgan fingerprint density at radius 1 is 1.10 bits per heavy atom. The monoisotopic (exact) mass is 270 g/mol. The Bertz CT molecular complexity index is 625. The van der Waals surface area contributed by atoms with Gasteiger partial charge in [-0.2, -0.15) is 0 Å². The summed E-state index contributed by atoms with van der Waals surface area (Å²) in [6, 6.07) is 13.6. The van der Waals surface area contributed by atoms with Crippen LogP contribution < -0.4 is 10.6 Å². The van der Waals surface area contributed by atoms with Gasteiger partial charge in [-0.3, -0.25) is 0 Å². The molecule has 1 aliphatic carbocycles. The predicted octanol–water partition coefficient (Wildman–Crippen LogP) is 3.63. The van der Waals surface area contributed by atoms with Crippen LogP contribution in [0.15, 0.2) is 48.5 Å². The number of aryl methyl sites for hydroxylation is 1. The van der Waals surface area contributed by atoms with E-state index in [9.17, 15) is 9.18 Å². The lowest BCUT2D eigenvalue weighted by molar-refractivity contribution is 0.248. The minimum absolute atomic E-state index is 0.0478. The van der Waals surface area contributed by atoms with Crippen molar-refractivity contribution < 1.29 is 9.18 Å². The van der Waals surface area contributed by atoms with Crippen molar-refractivity contribution in [1.82, 2.24) is 5.32 Å². The molecule has 0 fully saturated rings. The Kier molecular flexibility index (Phi) is 3.37. The highest BCUT2D eigenvalue weighted by molar-refractivity contribution is 5.89. The third-order valence-electron chi connectivity index (χ3n) is 3.54. The molecule has 0 heterocycles. The van der Waals surface area contributed by atoms with E-state index in [-0.39, 0.29) is 17.9 Å². The minimum Gasteiger partial charge on any atom is -0.331 e. The topological polar surface area (TPSA) is 41.1 Å². The number of nitrogens with one attached hydrogen (secondary N) is 2. The van der Waals surface area contributed by atoms with Crippen LogP contribution in [0.5, 0.6) is 0 Å². The highest BCUT2D eigenvalue weighted by Crippen LogP contribution is 2.30. The number of hydrogen-bond donors (Lipinski definition) is 2. The lowest BCUT2D eigenvalue weighted by atomic mass is 10.1. The van der Waals surface area contributed by atoms with Crippen molar-refractivity contribution in [2.75, 3.05) is 5.32 Å². The zero-order valence-corrected chi connectivity index (χ0v) is 10.9. The Morgan fingerprint density at radius 2 is 1.85 bits per heavy atom. The number of halogens is 1. The molecule has 2 aromatic carbocycles. The van der Waals surface area contributed by atoms with E-state index in [0.717, 1.165) is 12.8 Å². The largest absolute Gasteiger partial charge is 0.331 e. The second-order valence-electron chi connectivity index (χ2n) is 4.90. The molecule has 0 aromatic heterocycles. The van der Waals surface area contributed by atoms with Gasteiger partial charge in [-0.05, 0) is 48.2 Å². The summed E-state index contributed by atoms with van der Waals surface area (Å²) in [6.45, 7) is 0. The Morgan fingerprint density at radius 3 is 2.65 bits per heavy atom. The molecule has 0 radical (unpaired) electrons. The molecule has 2 amide bonds. The molecule has 3 nitrogen and oxygen atoms in total. The van der Waals surface area contributed by atoms with Gasteiger partial charge in [0.05, 0.1) is 6.04 Å². The number of hydrogen-bond acceptors (Lipinski definition) is 1. The summed E-state index contributed by atoms with van der Waals surface area (Å²) in [6.07, 6.45) is 1.90. The van der Waals surface area contributed by atoms with Gasteiger partial charge in [0.25, 0.3) is 0 Å². The lowest BCUT2D eigenvalue weighted by Gasteiger charge is -2.14. The molecule has 102 valence electrons. The predicted molar refractivity (Wildman–Crippen MR) is 76.1 cm³/mol. The summed E-state index contributed by atoms with van der Waals surface area (Å²) >= 11 is 0. The highest BCUT2D eigenvalue weighted by Gasteiger charge is 2.23. The van der Waals surface area contributed by atoms with Crippen molar-refractivity contribution in [3.05, 3.63) is 65.5 Å². The average molecular weight is 270 g/mol. The normalized spacial score (nSPS) is 16.6. The van der Waals surface area contributed by atoms with Crippen LogP contribution in [0.25, 0.3) is 0 Å². The van der Waals surface area contributed by atoms with Crippen LogP contribution in [0, 0.1) is 5.82 Å². The van der Waals surface area contributed by atoms with Crippen molar-refractivity contribution in [1.29, 1.82) is 0 Å². The number of carbonyl (C=O) groups excluding carboxylic acids is 1. The Hall–Kier alpha value is -2.36. The second-order valence-corrected chi connectivity index (χ2v) is 4.90. The second kappa shape index (κ2) is 5.33. The van der Waals surface area contributed by atoms with E-state index >= 15 is 0 Å². The van der Waals surface area contributed by atoms with Crippen LogP contribution >= 0.6 is 0 Å². The van der Waals surface area contributed by atoms with Crippen LogP contribution in [-0.2, 0) is 6.42 Å². The molecule has 3 rings (SSSR count). The molecule has 0 saturated heterocycles. The third-order valence-corrected chi connectivity index (χ3v) is 3.54. The van der Waals surface area contributed by atoms with E-state index in [1.807, 2.05) is 18.2 Å². The molecule has 1 atom stereocenters. The van der Waals surface area contributed by atoms with E-state index in [0.29, 0.717) is 5.69 Å². The Labute approximate surface area is 116 Å². The van der Waals surface area contributed by atoms with Crippen molar-refractivity contribution in [2.24, 2.45) is 0 Å². The van der Waals surface area contributed by atoms with E-state index in [4.69, 9.17) is 0 Å².